The molecule has 0 aliphatic heterocycles. The second-order valence-electron chi connectivity index (χ2n) is 5.21. The monoisotopic (exact) mass is 373 g/mol. The molecule has 3 aromatic rings. The molecule has 1 aromatic carbocycles. The first-order chi connectivity index (χ1) is 12.5. The number of carbonyl (C=O) groups is 1. The number of amides is 1. The minimum Gasteiger partial charge on any atom is -0.469 e. The van der Waals surface area contributed by atoms with E-state index >= 15 is 0 Å². The van der Waals surface area contributed by atoms with E-state index in [-0.39, 0.29) is 10.7 Å². The smallest absolute Gasteiger partial charge is 0.274 e. The number of halogens is 1. The molecule has 0 saturated heterocycles. The van der Waals surface area contributed by atoms with E-state index in [4.69, 9.17) is 20.4 Å². The SMILES string of the molecule is Cc1occc1C(=O)NN=Cc1ccc(-c2ccc([N+](=O)[O-])cc2Cl)o1. The van der Waals surface area contributed by atoms with E-state index in [1.54, 1.807) is 25.1 Å². The molecule has 132 valence electrons. The zero-order valence-electron chi connectivity index (χ0n) is 13.4. The summed E-state index contributed by atoms with van der Waals surface area (Å²) in [5.41, 5.74) is 3.16. The van der Waals surface area contributed by atoms with Gasteiger partial charge in [-0.25, -0.2) is 5.43 Å². The van der Waals surface area contributed by atoms with Gasteiger partial charge in [0.2, 0.25) is 0 Å². The fraction of sp³-hybridized carbons (Fsp3) is 0.0588. The summed E-state index contributed by atoms with van der Waals surface area (Å²) >= 11 is 6.07. The number of furan rings is 2. The van der Waals surface area contributed by atoms with Crippen LogP contribution in [0.2, 0.25) is 5.02 Å². The average molecular weight is 374 g/mol. The van der Waals surface area contributed by atoms with Gasteiger partial charge in [0.15, 0.2) is 0 Å². The number of hydrogen-bond donors (Lipinski definition) is 1. The molecule has 0 atom stereocenters. The van der Waals surface area contributed by atoms with Crippen molar-refractivity contribution >= 4 is 29.4 Å². The number of nitrogens with one attached hydrogen (secondary N) is 1. The Hall–Kier alpha value is -3.39. The summed E-state index contributed by atoms with van der Waals surface area (Å²) in [6, 6.07) is 8.92. The fourth-order valence-corrected chi connectivity index (χ4v) is 2.49. The summed E-state index contributed by atoms with van der Waals surface area (Å²) in [5.74, 6) is 0.880. The maximum absolute atomic E-state index is 11.9. The molecule has 2 aromatic heterocycles. The van der Waals surface area contributed by atoms with Crippen LogP contribution in [0.15, 0.2) is 56.6 Å². The molecule has 0 fully saturated rings. The third-order valence-corrected chi connectivity index (χ3v) is 3.83. The number of hydrogen-bond acceptors (Lipinski definition) is 6. The van der Waals surface area contributed by atoms with Crippen LogP contribution < -0.4 is 5.43 Å². The molecule has 0 aliphatic carbocycles. The van der Waals surface area contributed by atoms with Crippen LogP contribution >= 0.6 is 11.6 Å². The van der Waals surface area contributed by atoms with Crippen molar-refractivity contribution in [2.24, 2.45) is 5.10 Å². The van der Waals surface area contributed by atoms with Crippen molar-refractivity contribution in [1.29, 1.82) is 0 Å². The van der Waals surface area contributed by atoms with Crippen molar-refractivity contribution in [1.82, 2.24) is 5.43 Å². The van der Waals surface area contributed by atoms with E-state index in [0.717, 1.165) is 0 Å². The van der Waals surface area contributed by atoms with Crippen molar-refractivity contribution in [3.8, 4) is 11.3 Å². The molecule has 2 heterocycles. The van der Waals surface area contributed by atoms with Crippen molar-refractivity contribution < 1.29 is 18.6 Å². The first-order valence-electron chi connectivity index (χ1n) is 7.37. The Kier molecular flexibility index (Phi) is 4.85. The van der Waals surface area contributed by atoms with E-state index in [2.05, 4.69) is 10.5 Å². The molecular weight excluding hydrogens is 362 g/mol. The number of nitrogens with zero attached hydrogens (tertiary/aromatic N) is 2. The second kappa shape index (κ2) is 7.24. The summed E-state index contributed by atoms with van der Waals surface area (Å²) < 4.78 is 10.6. The van der Waals surface area contributed by atoms with Crippen molar-refractivity contribution in [3.05, 3.63) is 74.9 Å². The van der Waals surface area contributed by atoms with Crippen LogP contribution in [0.3, 0.4) is 0 Å². The van der Waals surface area contributed by atoms with E-state index in [9.17, 15) is 14.9 Å². The normalized spacial score (nSPS) is 11.0. The first kappa shape index (κ1) is 17.4. The Balaban J connectivity index is 1.71. The van der Waals surface area contributed by atoms with Gasteiger partial charge in [0.05, 0.1) is 28.0 Å². The van der Waals surface area contributed by atoms with Gasteiger partial charge < -0.3 is 8.83 Å². The number of carbonyl (C=O) groups excluding carboxylic acids is 1. The lowest BCUT2D eigenvalue weighted by Crippen LogP contribution is -2.17. The predicted molar refractivity (Wildman–Crippen MR) is 94.3 cm³/mol. The molecule has 1 N–H and O–H groups in total. The van der Waals surface area contributed by atoms with Gasteiger partial charge in [-0.05, 0) is 31.2 Å². The van der Waals surface area contributed by atoms with Gasteiger partial charge in [-0.1, -0.05) is 11.6 Å². The highest BCUT2D eigenvalue weighted by Crippen LogP contribution is 2.32. The molecule has 8 nitrogen and oxygen atoms in total. The Morgan fingerprint density at radius 2 is 2.12 bits per heavy atom. The number of nitro benzene ring substituents is 1. The highest BCUT2D eigenvalue weighted by molar-refractivity contribution is 6.33. The highest BCUT2D eigenvalue weighted by Gasteiger charge is 2.13. The van der Waals surface area contributed by atoms with E-state index in [1.807, 2.05) is 0 Å². The van der Waals surface area contributed by atoms with Crippen LogP contribution in [-0.4, -0.2) is 17.0 Å². The molecule has 26 heavy (non-hydrogen) atoms. The number of aryl methyl sites for hydroxylation is 1. The number of rotatable bonds is 5. The summed E-state index contributed by atoms with van der Waals surface area (Å²) in [6.07, 6.45) is 2.75. The average Bonchev–Trinajstić information content (AvgIpc) is 3.23. The van der Waals surface area contributed by atoms with E-state index < -0.39 is 10.8 Å². The topological polar surface area (TPSA) is 111 Å². The van der Waals surface area contributed by atoms with Crippen molar-refractivity contribution in [2.45, 2.75) is 6.92 Å². The summed E-state index contributed by atoms with van der Waals surface area (Å²) in [5, 5.41) is 14.8. The van der Waals surface area contributed by atoms with Gasteiger partial charge in [-0.15, -0.1) is 0 Å². The zero-order valence-corrected chi connectivity index (χ0v) is 14.2. The zero-order chi connectivity index (χ0) is 18.7. The molecule has 0 unspecified atom stereocenters. The predicted octanol–water partition coefficient (Wildman–Crippen LogP) is 4.17. The number of hydrazone groups is 1. The molecule has 0 radical (unpaired) electrons. The maximum Gasteiger partial charge on any atom is 0.274 e. The number of benzene rings is 1. The third kappa shape index (κ3) is 3.65. The quantitative estimate of drug-likeness (QED) is 0.410. The minimum atomic E-state index is -0.527. The van der Waals surface area contributed by atoms with Gasteiger partial charge in [0, 0.05) is 17.7 Å². The minimum absolute atomic E-state index is 0.107. The van der Waals surface area contributed by atoms with Gasteiger partial charge >= 0.3 is 0 Å². The van der Waals surface area contributed by atoms with Gasteiger partial charge in [0.1, 0.15) is 17.3 Å². The molecule has 0 bridgehead atoms. The number of nitro groups is 1. The Bertz CT molecular complexity index is 1010. The molecular formula is C17H12ClN3O5. The van der Waals surface area contributed by atoms with Crippen LogP contribution in [0.25, 0.3) is 11.3 Å². The van der Waals surface area contributed by atoms with Crippen LogP contribution in [0, 0.1) is 17.0 Å². The lowest BCUT2D eigenvalue weighted by molar-refractivity contribution is -0.384. The van der Waals surface area contributed by atoms with Crippen LogP contribution in [0.5, 0.6) is 0 Å². The molecule has 1 amide bonds. The van der Waals surface area contributed by atoms with Crippen LogP contribution in [-0.2, 0) is 0 Å². The molecule has 0 saturated carbocycles. The maximum atomic E-state index is 11.9. The summed E-state index contributed by atoms with van der Waals surface area (Å²) in [4.78, 5) is 22.1. The first-order valence-corrected chi connectivity index (χ1v) is 7.75. The Morgan fingerprint density at radius 1 is 1.31 bits per heavy atom. The van der Waals surface area contributed by atoms with Crippen LogP contribution in [0.4, 0.5) is 5.69 Å². The van der Waals surface area contributed by atoms with Gasteiger partial charge in [0.25, 0.3) is 11.6 Å². The Morgan fingerprint density at radius 3 is 2.77 bits per heavy atom. The molecule has 0 spiro atoms. The van der Waals surface area contributed by atoms with E-state index in [0.29, 0.717) is 28.4 Å². The summed E-state index contributed by atoms with van der Waals surface area (Å²) in [6.45, 7) is 1.67. The van der Waals surface area contributed by atoms with Crippen molar-refractivity contribution in [2.75, 3.05) is 0 Å². The fourth-order valence-electron chi connectivity index (χ4n) is 2.22. The largest absolute Gasteiger partial charge is 0.469 e. The lowest BCUT2D eigenvalue weighted by atomic mass is 10.1. The van der Waals surface area contributed by atoms with Gasteiger partial charge in [-0.2, -0.15) is 5.10 Å². The van der Waals surface area contributed by atoms with Gasteiger partial charge in [-0.3, -0.25) is 14.9 Å². The molecule has 3 rings (SSSR count). The van der Waals surface area contributed by atoms with Crippen molar-refractivity contribution in [3.63, 3.8) is 0 Å². The lowest BCUT2D eigenvalue weighted by Gasteiger charge is -2.00. The standard InChI is InChI=1S/C17H12ClN3O5/c1-10-13(6-7-25-10)17(22)20-19-9-12-3-5-16(26-12)14-4-2-11(21(23)24)8-15(14)18/h2-9H,1H3,(H,20,22). The second-order valence-corrected chi connectivity index (χ2v) is 5.62. The highest BCUT2D eigenvalue weighted by atomic mass is 35.5. The van der Waals surface area contributed by atoms with E-state index in [1.165, 1.54) is 30.7 Å². The van der Waals surface area contributed by atoms with Crippen LogP contribution in [0.1, 0.15) is 21.9 Å². The Labute approximate surface area is 152 Å². The number of non-ortho nitro benzene ring substituents is 1. The molecule has 9 heteroatoms. The summed E-state index contributed by atoms with van der Waals surface area (Å²) in [7, 11) is 0. The third-order valence-electron chi connectivity index (χ3n) is 3.52. The molecule has 0 aliphatic rings.